The lowest BCUT2D eigenvalue weighted by Gasteiger charge is -2.27. The first kappa shape index (κ1) is 9.58. The summed E-state index contributed by atoms with van der Waals surface area (Å²) in [6.45, 7) is 0.613. The molecule has 0 amide bonds. The van der Waals surface area contributed by atoms with Crippen molar-refractivity contribution in [2.24, 2.45) is 0 Å². The van der Waals surface area contributed by atoms with Crippen LogP contribution in [0.1, 0.15) is 6.42 Å². The fraction of sp³-hybridized carbons (Fsp3) is 1.00. The number of rotatable bonds is 4. The van der Waals surface area contributed by atoms with Gasteiger partial charge in [0.1, 0.15) is 0 Å². The summed E-state index contributed by atoms with van der Waals surface area (Å²) in [4.78, 5) is 0. The molecule has 0 fully saturated rings. The first-order valence-electron chi connectivity index (χ1n) is 2.65. The summed E-state index contributed by atoms with van der Waals surface area (Å²) >= 11 is 3.96. The van der Waals surface area contributed by atoms with E-state index in [9.17, 15) is 0 Å². The second-order valence-electron chi connectivity index (χ2n) is 1.80. The van der Waals surface area contributed by atoms with Crippen molar-refractivity contribution in [1.82, 2.24) is 4.72 Å². The molecule has 0 aromatic rings. The van der Waals surface area contributed by atoms with Gasteiger partial charge in [0.05, 0.1) is 0 Å². The van der Waals surface area contributed by atoms with Crippen molar-refractivity contribution in [3.63, 3.8) is 0 Å². The zero-order chi connectivity index (χ0) is 7.33. The molecule has 0 aromatic heterocycles. The van der Waals surface area contributed by atoms with Crippen LogP contribution in [0.3, 0.4) is 0 Å². The largest absolute Gasteiger partial charge is 0.286 e. The van der Waals surface area contributed by atoms with Gasteiger partial charge in [0, 0.05) is 12.8 Å². The fourth-order valence-corrected chi connectivity index (χ4v) is 1.03. The molecule has 0 aliphatic heterocycles. The molecule has 3 N–H and O–H groups in total. The molecule has 5 heteroatoms. The monoisotopic (exact) mass is 171 g/mol. The van der Waals surface area contributed by atoms with Crippen LogP contribution >= 0.6 is 23.4 Å². The minimum atomic E-state index is -2.48. The molecule has 0 saturated heterocycles. The van der Waals surface area contributed by atoms with Crippen molar-refractivity contribution >= 4 is 23.4 Å². The molecule has 0 aromatic carbocycles. The Morgan fingerprint density at radius 3 is 2.44 bits per heavy atom. The summed E-state index contributed by atoms with van der Waals surface area (Å²) in [5, 5.41) is 0. The second-order valence-corrected chi connectivity index (χ2v) is 4.21. The van der Waals surface area contributed by atoms with Gasteiger partial charge in [-0.25, -0.2) is 4.72 Å². The van der Waals surface area contributed by atoms with Crippen LogP contribution in [0.15, 0.2) is 0 Å². The molecule has 58 valence electrons. The minimum Gasteiger partial charge on any atom is -0.286 e. The summed E-state index contributed by atoms with van der Waals surface area (Å²) in [5.74, 6) is 0.766. The van der Waals surface area contributed by atoms with Gasteiger partial charge in [0.25, 0.3) is 0 Å². The molecule has 0 saturated carbocycles. The maximum Gasteiger partial charge on any atom is 0.0416 e. The van der Waals surface area contributed by atoms with E-state index in [1.54, 1.807) is 0 Å². The Morgan fingerprint density at radius 2 is 2.11 bits per heavy atom. The van der Waals surface area contributed by atoms with Crippen LogP contribution in [0.5, 0.6) is 0 Å². The molecule has 0 spiro atoms. The molecular weight excluding hydrogens is 158 g/mol. The zero-order valence-electron chi connectivity index (χ0n) is 5.37. The standard InChI is InChI=1S/C4H13NO2S2/c1-9(6,7)5-3-2-4-8/h5-8H,2-4H2,1H3. The molecule has 0 aliphatic rings. The van der Waals surface area contributed by atoms with Crippen LogP contribution in [0.4, 0.5) is 0 Å². The highest BCUT2D eigenvalue weighted by Crippen LogP contribution is 2.26. The summed E-state index contributed by atoms with van der Waals surface area (Å²) in [7, 11) is -2.48. The third-order valence-electron chi connectivity index (χ3n) is 0.710. The highest BCUT2D eigenvalue weighted by molar-refractivity contribution is 8.22. The predicted molar refractivity (Wildman–Crippen MR) is 45.2 cm³/mol. The molecule has 0 heterocycles. The lowest BCUT2D eigenvalue weighted by Crippen LogP contribution is -2.19. The van der Waals surface area contributed by atoms with Gasteiger partial charge in [-0.05, 0) is 12.2 Å². The molecule has 3 nitrogen and oxygen atoms in total. The van der Waals surface area contributed by atoms with E-state index < -0.39 is 10.8 Å². The van der Waals surface area contributed by atoms with Crippen LogP contribution < -0.4 is 4.72 Å². The third-order valence-corrected chi connectivity index (χ3v) is 1.78. The summed E-state index contributed by atoms with van der Waals surface area (Å²) in [5.41, 5.74) is 0. The van der Waals surface area contributed by atoms with Gasteiger partial charge in [0.2, 0.25) is 0 Å². The van der Waals surface area contributed by atoms with E-state index in [4.69, 9.17) is 9.11 Å². The Balaban J connectivity index is 3.07. The SMILES string of the molecule is CS(O)(O)NCCCS. The molecule has 0 unspecified atom stereocenters. The van der Waals surface area contributed by atoms with E-state index in [0.29, 0.717) is 6.54 Å². The maximum atomic E-state index is 8.75. The van der Waals surface area contributed by atoms with Crippen molar-refractivity contribution < 1.29 is 9.11 Å². The Bertz CT molecular complexity index is 73.5. The number of thiol groups is 1. The fourth-order valence-electron chi connectivity index (χ4n) is 0.345. The predicted octanol–water partition coefficient (Wildman–Crippen LogP) is 1.19. The normalized spacial score (nSPS) is 13.8. The van der Waals surface area contributed by atoms with Crippen LogP contribution in [-0.4, -0.2) is 27.7 Å². The van der Waals surface area contributed by atoms with Gasteiger partial charge < -0.3 is 0 Å². The molecule has 0 rings (SSSR count). The highest BCUT2D eigenvalue weighted by Gasteiger charge is 1.98. The topological polar surface area (TPSA) is 52.5 Å². The van der Waals surface area contributed by atoms with Crippen molar-refractivity contribution in [2.75, 3.05) is 18.6 Å². The lowest BCUT2D eigenvalue weighted by atomic mass is 10.5. The summed E-state index contributed by atoms with van der Waals surface area (Å²) in [6.07, 6.45) is 2.22. The number of nitrogens with one attached hydrogen (secondary N) is 1. The molecule has 9 heavy (non-hydrogen) atoms. The first-order chi connectivity index (χ1) is 4.06. The van der Waals surface area contributed by atoms with E-state index in [1.807, 2.05) is 0 Å². The van der Waals surface area contributed by atoms with E-state index in [1.165, 1.54) is 6.26 Å². The maximum absolute atomic E-state index is 8.75. The highest BCUT2D eigenvalue weighted by atomic mass is 32.3. The van der Waals surface area contributed by atoms with Gasteiger partial charge in [-0.1, -0.05) is 0 Å². The smallest absolute Gasteiger partial charge is 0.0416 e. The van der Waals surface area contributed by atoms with E-state index >= 15 is 0 Å². The van der Waals surface area contributed by atoms with Crippen LogP contribution in [0, 0.1) is 0 Å². The van der Waals surface area contributed by atoms with Crippen molar-refractivity contribution in [1.29, 1.82) is 0 Å². The van der Waals surface area contributed by atoms with Gasteiger partial charge in [-0.15, -0.1) is 10.8 Å². The van der Waals surface area contributed by atoms with E-state index in [2.05, 4.69) is 17.4 Å². The van der Waals surface area contributed by atoms with Crippen molar-refractivity contribution in [2.45, 2.75) is 6.42 Å². The van der Waals surface area contributed by atoms with Gasteiger partial charge >= 0.3 is 0 Å². The van der Waals surface area contributed by atoms with Gasteiger partial charge in [-0.3, -0.25) is 9.11 Å². The van der Waals surface area contributed by atoms with E-state index in [-0.39, 0.29) is 0 Å². The van der Waals surface area contributed by atoms with Crippen molar-refractivity contribution in [3.8, 4) is 0 Å². The Hall–Kier alpha value is 0.580. The molecule has 0 bridgehead atoms. The first-order valence-corrected chi connectivity index (χ1v) is 5.23. The van der Waals surface area contributed by atoms with Crippen LogP contribution in [0.25, 0.3) is 0 Å². The Kier molecular flexibility index (Phi) is 4.69. The van der Waals surface area contributed by atoms with Crippen LogP contribution in [-0.2, 0) is 0 Å². The van der Waals surface area contributed by atoms with Gasteiger partial charge in [-0.2, -0.15) is 12.6 Å². The molecule has 0 aliphatic carbocycles. The van der Waals surface area contributed by atoms with Crippen molar-refractivity contribution in [3.05, 3.63) is 0 Å². The Labute approximate surface area is 62.7 Å². The molecular formula is C4H13NO2S2. The van der Waals surface area contributed by atoms with E-state index in [0.717, 1.165) is 12.2 Å². The minimum absolute atomic E-state index is 0.613. The Morgan fingerprint density at radius 1 is 1.56 bits per heavy atom. The average Bonchev–Trinajstić information content (AvgIpc) is 1.63. The molecule has 0 atom stereocenters. The lowest BCUT2D eigenvalue weighted by molar-refractivity contribution is 0.478. The summed E-state index contributed by atoms with van der Waals surface area (Å²) in [6, 6.07) is 0. The second kappa shape index (κ2) is 4.40. The quantitative estimate of drug-likeness (QED) is 0.380. The molecule has 0 radical (unpaired) electrons. The third kappa shape index (κ3) is 8.58. The number of hydrogen-bond donors (Lipinski definition) is 4. The summed E-state index contributed by atoms with van der Waals surface area (Å²) < 4.78 is 20.1. The number of hydrogen-bond acceptors (Lipinski definition) is 4. The van der Waals surface area contributed by atoms with Crippen LogP contribution in [0.2, 0.25) is 0 Å². The van der Waals surface area contributed by atoms with Gasteiger partial charge in [0.15, 0.2) is 0 Å². The average molecular weight is 171 g/mol. The zero-order valence-corrected chi connectivity index (χ0v) is 7.08.